The number of carbonyl (C=O) groups excluding carboxylic acids is 1. The molecule has 0 saturated heterocycles. The molecule has 0 spiro atoms. The fraction of sp³-hybridized carbons (Fsp3) is 0.333. The standard InChI is InChI=1S/C27H31N5O2S/c1-17(2)23(31(15-14-28)26(33)21-12-10-18(3)11-13-21)24-29-25-22(19(4)30-35-25)27(34)32(24)16-20-8-6-5-7-9-20/h5-13,17,23H,14-16,28H2,1-4H3/t23-/m0/s1. The van der Waals surface area contributed by atoms with Gasteiger partial charge in [0, 0.05) is 18.7 Å². The molecule has 0 unspecified atom stereocenters. The van der Waals surface area contributed by atoms with Gasteiger partial charge in [-0.3, -0.25) is 14.2 Å². The number of aromatic nitrogens is 3. The third kappa shape index (κ3) is 5.04. The van der Waals surface area contributed by atoms with Crippen LogP contribution in [0.5, 0.6) is 0 Å². The van der Waals surface area contributed by atoms with Crippen LogP contribution in [0.2, 0.25) is 0 Å². The van der Waals surface area contributed by atoms with Gasteiger partial charge >= 0.3 is 0 Å². The minimum atomic E-state index is -0.449. The summed E-state index contributed by atoms with van der Waals surface area (Å²) in [5, 5.41) is 0.535. The van der Waals surface area contributed by atoms with E-state index < -0.39 is 6.04 Å². The topological polar surface area (TPSA) is 94.1 Å². The Bertz CT molecular complexity index is 1380. The summed E-state index contributed by atoms with van der Waals surface area (Å²) in [5.74, 6) is 0.408. The zero-order valence-electron chi connectivity index (χ0n) is 20.6. The molecular weight excluding hydrogens is 458 g/mol. The van der Waals surface area contributed by atoms with Gasteiger partial charge in [0.2, 0.25) is 0 Å². The maximum Gasteiger partial charge on any atom is 0.264 e. The highest BCUT2D eigenvalue weighted by molar-refractivity contribution is 7.12. The van der Waals surface area contributed by atoms with Crippen molar-refractivity contribution >= 4 is 27.7 Å². The summed E-state index contributed by atoms with van der Waals surface area (Å²) >= 11 is 1.22. The quantitative estimate of drug-likeness (QED) is 0.398. The Kier molecular flexibility index (Phi) is 7.42. The first-order chi connectivity index (χ1) is 16.8. The minimum absolute atomic E-state index is 0.0173. The number of rotatable bonds is 8. The summed E-state index contributed by atoms with van der Waals surface area (Å²) in [6.45, 7) is 8.89. The van der Waals surface area contributed by atoms with Crippen LogP contribution in [0.4, 0.5) is 0 Å². The van der Waals surface area contributed by atoms with Gasteiger partial charge in [-0.2, -0.15) is 4.37 Å². The molecule has 0 aliphatic rings. The summed E-state index contributed by atoms with van der Waals surface area (Å²) in [6.07, 6.45) is 0. The number of carbonyl (C=O) groups is 1. The van der Waals surface area contributed by atoms with Gasteiger partial charge in [-0.15, -0.1) is 0 Å². The zero-order chi connectivity index (χ0) is 25.1. The first kappa shape index (κ1) is 24.8. The molecule has 0 bridgehead atoms. The summed E-state index contributed by atoms with van der Waals surface area (Å²) in [4.78, 5) is 34.8. The fourth-order valence-corrected chi connectivity index (χ4v) is 5.17. The second-order valence-electron chi connectivity index (χ2n) is 9.14. The Hall–Kier alpha value is -3.36. The van der Waals surface area contributed by atoms with E-state index in [2.05, 4.69) is 4.37 Å². The molecule has 35 heavy (non-hydrogen) atoms. The van der Waals surface area contributed by atoms with Gasteiger partial charge in [0.05, 0.1) is 23.7 Å². The van der Waals surface area contributed by atoms with E-state index in [0.717, 1.165) is 11.1 Å². The fourth-order valence-electron chi connectivity index (χ4n) is 4.39. The van der Waals surface area contributed by atoms with Gasteiger partial charge in [-0.05, 0) is 49.0 Å². The van der Waals surface area contributed by atoms with Gasteiger partial charge in [-0.1, -0.05) is 61.9 Å². The van der Waals surface area contributed by atoms with Crippen LogP contribution in [0.25, 0.3) is 10.2 Å². The largest absolute Gasteiger partial charge is 0.329 e. The van der Waals surface area contributed by atoms with Crippen molar-refractivity contribution in [2.75, 3.05) is 13.1 Å². The number of nitrogens with zero attached hydrogens (tertiary/aromatic N) is 4. The number of nitrogens with two attached hydrogens (primary N) is 1. The minimum Gasteiger partial charge on any atom is -0.329 e. The first-order valence-electron chi connectivity index (χ1n) is 11.8. The molecular formula is C27H31N5O2S. The molecule has 2 aromatic heterocycles. The number of hydrogen-bond acceptors (Lipinski definition) is 6. The van der Waals surface area contributed by atoms with Crippen LogP contribution >= 0.6 is 11.5 Å². The van der Waals surface area contributed by atoms with Crippen molar-refractivity contribution in [2.45, 2.75) is 40.3 Å². The van der Waals surface area contributed by atoms with E-state index in [9.17, 15) is 9.59 Å². The van der Waals surface area contributed by atoms with E-state index in [1.54, 1.807) is 9.47 Å². The molecule has 0 fully saturated rings. The van der Waals surface area contributed by atoms with E-state index >= 15 is 0 Å². The number of amides is 1. The molecule has 4 rings (SSSR count). The lowest BCUT2D eigenvalue weighted by atomic mass is 9.99. The normalized spacial score (nSPS) is 12.3. The van der Waals surface area contributed by atoms with Crippen molar-refractivity contribution in [3.63, 3.8) is 0 Å². The average molecular weight is 490 g/mol. The Labute approximate surface area is 209 Å². The van der Waals surface area contributed by atoms with Crippen molar-refractivity contribution in [3.8, 4) is 0 Å². The van der Waals surface area contributed by atoms with E-state index in [4.69, 9.17) is 10.7 Å². The molecule has 2 aromatic carbocycles. The Balaban J connectivity index is 1.91. The molecule has 7 nitrogen and oxygen atoms in total. The predicted molar refractivity (Wildman–Crippen MR) is 141 cm³/mol. The van der Waals surface area contributed by atoms with Gasteiger partial charge in [0.15, 0.2) is 4.83 Å². The predicted octanol–water partition coefficient (Wildman–Crippen LogP) is 4.32. The SMILES string of the molecule is Cc1ccc(C(=O)N(CCN)[C@H](c2nc3snc(C)c3c(=O)n2Cc2ccccc2)C(C)C)cc1. The molecule has 2 N–H and O–H groups in total. The van der Waals surface area contributed by atoms with E-state index in [1.165, 1.54) is 11.5 Å². The number of aryl methyl sites for hydroxylation is 2. The molecule has 0 saturated carbocycles. The summed E-state index contributed by atoms with van der Waals surface area (Å²) in [7, 11) is 0. The van der Waals surface area contributed by atoms with Crippen LogP contribution in [0.15, 0.2) is 59.4 Å². The molecule has 0 aliphatic heterocycles. The number of benzene rings is 2. The van der Waals surface area contributed by atoms with Gasteiger partial charge < -0.3 is 10.6 Å². The van der Waals surface area contributed by atoms with Crippen LogP contribution < -0.4 is 11.3 Å². The summed E-state index contributed by atoms with van der Waals surface area (Å²) < 4.78 is 6.09. The van der Waals surface area contributed by atoms with Crippen molar-refractivity contribution in [3.05, 3.63) is 93.2 Å². The lowest BCUT2D eigenvalue weighted by Gasteiger charge is -2.35. The second-order valence-corrected chi connectivity index (χ2v) is 9.89. The zero-order valence-corrected chi connectivity index (χ0v) is 21.4. The molecule has 0 aliphatic carbocycles. The lowest BCUT2D eigenvalue weighted by molar-refractivity contribution is 0.0612. The van der Waals surface area contributed by atoms with Crippen LogP contribution in [-0.2, 0) is 6.54 Å². The molecule has 0 radical (unpaired) electrons. The molecule has 1 atom stereocenters. The Morgan fingerprint density at radius 1 is 1.09 bits per heavy atom. The molecule has 8 heteroatoms. The number of hydrogen-bond donors (Lipinski definition) is 1. The van der Waals surface area contributed by atoms with Crippen molar-refractivity contribution < 1.29 is 4.79 Å². The van der Waals surface area contributed by atoms with Gasteiger partial charge in [0.25, 0.3) is 11.5 Å². The lowest BCUT2D eigenvalue weighted by Crippen LogP contribution is -2.43. The van der Waals surface area contributed by atoms with E-state index in [0.29, 0.717) is 46.9 Å². The highest BCUT2D eigenvalue weighted by atomic mass is 32.1. The maximum atomic E-state index is 13.8. The first-order valence-corrected chi connectivity index (χ1v) is 12.6. The van der Waals surface area contributed by atoms with Crippen LogP contribution in [-0.4, -0.2) is 37.8 Å². The maximum absolute atomic E-state index is 13.8. The smallest absolute Gasteiger partial charge is 0.264 e. The van der Waals surface area contributed by atoms with E-state index in [1.807, 2.05) is 82.3 Å². The Morgan fingerprint density at radius 3 is 2.40 bits per heavy atom. The van der Waals surface area contributed by atoms with Crippen LogP contribution in [0, 0.1) is 19.8 Å². The molecule has 182 valence electrons. The molecule has 1 amide bonds. The van der Waals surface area contributed by atoms with Crippen molar-refractivity contribution in [1.29, 1.82) is 0 Å². The van der Waals surface area contributed by atoms with E-state index in [-0.39, 0.29) is 17.4 Å². The summed E-state index contributed by atoms with van der Waals surface area (Å²) in [5.41, 5.74) is 9.16. The third-order valence-electron chi connectivity index (χ3n) is 6.14. The monoisotopic (exact) mass is 489 g/mol. The van der Waals surface area contributed by atoms with Crippen LogP contribution in [0.1, 0.15) is 52.9 Å². The highest BCUT2D eigenvalue weighted by Crippen LogP contribution is 2.31. The van der Waals surface area contributed by atoms with Gasteiger partial charge in [-0.25, -0.2) is 4.98 Å². The average Bonchev–Trinajstić information content (AvgIpc) is 3.22. The molecule has 4 aromatic rings. The molecule has 2 heterocycles. The highest BCUT2D eigenvalue weighted by Gasteiger charge is 2.33. The second kappa shape index (κ2) is 10.5. The summed E-state index contributed by atoms with van der Waals surface area (Å²) in [6, 6.07) is 16.9. The van der Waals surface area contributed by atoms with Gasteiger partial charge in [0.1, 0.15) is 5.82 Å². The van der Waals surface area contributed by atoms with Crippen LogP contribution in [0.3, 0.4) is 0 Å². The van der Waals surface area contributed by atoms with Crippen molar-refractivity contribution in [1.82, 2.24) is 18.8 Å². The Morgan fingerprint density at radius 2 is 1.77 bits per heavy atom. The van der Waals surface area contributed by atoms with Crippen molar-refractivity contribution in [2.24, 2.45) is 11.7 Å². The third-order valence-corrected chi connectivity index (χ3v) is 6.97. The number of fused-ring (bicyclic) bond motifs is 1.